The van der Waals surface area contributed by atoms with Crippen LogP contribution in [0.4, 0.5) is 5.82 Å². The summed E-state index contributed by atoms with van der Waals surface area (Å²) < 4.78 is 6.35. The number of aliphatic hydroxyl groups excluding tert-OH is 1. The molecule has 0 aliphatic rings. The molecule has 0 aliphatic carbocycles. The molecule has 1 unspecified atom stereocenters. The molecule has 0 spiro atoms. The summed E-state index contributed by atoms with van der Waals surface area (Å²) in [6, 6.07) is 28.9. The van der Waals surface area contributed by atoms with Crippen LogP contribution in [0.5, 0.6) is 5.75 Å². The number of para-hydroxylation sites is 1. The van der Waals surface area contributed by atoms with Crippen LogP contribution in [0, 0.1) is 0 Å². The molecule has 7 nitrogen and oxygen atoms in total. The number of benzene rings is 3. The number of anilines is 1. The van der Waals surface area contributed by atoms with Crippen LogP contribution in [0.25, 0.3) is 11.0 Å². The van der Waals surface area contributed by atoms with Gasteiger partial charge in [0.25, 0.3) is 0 Å². The van der Waals surface area contributed by atoms with Gasteiger partial charge in [0.05, 0.1) is 24.2 Å². The zero-order chi connectivity index (χ0) is 22.5. The topological polar surface area (TPSA) is 96.0 Å². The Kier molecular flexibility index (Phi) is 5.95. The molecule has 164 valence electrons. The number of hydrogen-bond acceptors (Lipinski definition) is 6. The van der Waals surface area contributed by atoms with Gasteiger partial charge in [-0.25, -0.2) is 9.97 Å². The minimum Gasteiger partial charge on any atom is -0.478 e. The lowest BCUT2D eigenvalue weighted by Crippen LogP contribution is -2.18. The first-order valence-corrected chi connectivity index (χ1v) is 10.7. The van der Waals surface area contributed by atoms with E-state index in [4.69, 9.17) is 14.7 Å². The molecule has 0 saturated carbocycles. The van der Waals surface area contributed by atoms with Crippen LogP contribution in [0.1, 0.15) is 29.1 Å². The summed E-state index contributed by atoms with van der Waals surface area (Å²) in [5.41, 5.74) is 2.47. The predicted molar refractivity (Wildman–Crippen MR) is 127 cm³/mol. The van der Waals surface area contributed by atoms with E-state index in [0.29, 0.717) is 23.0 Å². The lowest BCUT2D eigenvalue weighted by atomic mass is 10.1. The monoisotopic (exact) mass is 437 g/mol. The maximum Gasteiger partial charge on any atom is 0.183 e. The molecule has 0 amide bonds. The molecular formula is C26H23N5O2. The zero-order valence-corrected chi connectivity index (χ0v) is 17.8. The van der Waals surface area contributed by atoms with Crippen LogP contribution in [-0.2, 0) is 0 Å². The molecule has 33 heavy (non-hydrogen) atoms. The van der Waals surface area contributed by atoms with Gasteiger partial charge < -0.3 is 15.2 Å². The average Bonchev–Trinajstić information content (AvgIpc) is 3.36. The fraction of sp³-hybridized carbons (Fsp3) is 0.115. The SMILES string of the molecule is OC[C@H](Nc1nc(C(Oc2ccccc2)c2ccccc2)nc2[nH]ncc12)c1ccccc1. The summed E-state index contributed by atoms with van der Waals surface area (Å²) in [7, 11) is 0. The first kappa shape index (κ1) is 20.7. The van der Waals surface area contributed by atoms with E-state index < -0.39 is 6.10 Å². The van der Waals surface area contributed by atoms with E-state index in [9.17, 15) is 5.11 Å². The van der Waals surface area contributed by atoms with Gasteiger partial charge in [0, 0.05) is 5.56 Å². The van der Waals surface area contributed by atoms with Crippen molar-refractivity contribution in [2.45, 2.75) is 12.1 Å². The van der Waals surface area contributed by atoms with E-state index in [-0.39, 0.29) is 12.6 Å². The Bertz CT molecular complexity index is 1310. The highest BCUT2D eigenvalue weighted by Gasteiger charge is 2.23. The Labute approximate surface area is 191 Å². The Morgan fingerprint density at radius 3 is 2.12 bits per heavy atom. The van der Waals surface area contributed by atoms with Gasteiger partial charge in [0.2, 0.25) is 0 Å². The number of aromatic amines is 1. The van der Waals surface area contributed by atoms with Crippen LogP contribution in [0.15, 0.2) is 97.2 Å². The molecule has 2 atom stereocenters. The smallest absolute Gasteiger partial charge is 0.183 e. The molecule has 5 rings (SSSR count). The van der Waals surface area contributed by atoms with Crippen molar-refractivity contribution in [1.82, 2.24) is 20.2 Å². The minimum absolute atomic E-state index is 0.0919. The van der Waals surface area contributed by atoms with Crippen LogP contribution in [-0.4, -0.2) is 31.9 Å². The first-order chi connectivity index (χ1) is 16.3. The molecule has 2 heterocycles. The molecule has 0 aliphatic heterocycles. The Hall–Kier alpha value is -4.23. The molecule has 2 aromatic heterocycles. The number of nitrogens with one attached hydrogen (secondary N) is 2. The van der Waals surface area contributed by atoms with E-state index in [1.165, 1.54) is 0 Å². The van der Waals surface area contributed by atoms with E-state index in [1.54, 1.807) is 6.20 Å². The number of aromatic nitrogens is 4. The van der Waals surface area contributed by atoms with Crippen LogP contribution in [0.2, 0.25) is 0 Å². The second-order valence-corrected chi connectivity index (χ2v) is 7.57. The van der Waals surface area contributed by atoms with E-state index >= 15 is 0 Å². The van der Waals surface area contributed by atoms with Crippen molar-refractivity contribution >= 4 is 16.9 Å². The van der Waals surface area contributed by atoms with Crippen molar-refractivity contribution in [3.05, 3.63) is 114 Å². The van der Waals surface area contributed by atoms with Gasteiger partial charge in [-0.2, -0.15) is 5.10 Å². The summed E-state index contributed by atoms with van der Waals surface area (Å²) in [4.78, 5) is 9.56. The van der Waals surface area contributed by atoms with Gasteiger partial charge in [0.1, 0.15) is 11.6 Å². The lowest BCUT2D eigenvalue weighted by Gasteiger charge is -2.21. The highest BCUT2D eigenvalue weighted by Crippen LogP contribution is 2.30. The molecule has 0 saturated heterocycles. The standard InChI is InChI=1S/C26H23N5O2/c32-17-22(18-10-4-1-5-11-18)28-24-21-16-27-31-25(21)30-26(29-24)23(19-12-6-2-7-13-19)33-20-14-8-3-9-15-20/h1-16,22-23,32H,17H2,(H2,27,28,29,30,31)/t22-,23?/m0/s1. The second-order valence-electron chi connectivity index (χ2n) is 7.57. The maximum atomic E-state index is 10.1. The van der Waals surface area contributed by atoms with Crippen molar-refractivity contribution in [1.29, 1.82) is 0 Å². The number of fused-ring (bicyclic) bond motifs is 1. The molecule has 0 radical (unpaired) electrons. The van der Waals surface area contributed by atoms with E-state index in [2.05, 4.69) is 15.5 Å². The normalized spacial score (nSPS) is 12.9. The van der Waals surface area contributed by atoms with Crippen LogP contribution < -0.4 is 10.1 Å². The summed E-state index contributed by atoms with van der Waals surface area (Å²) in [5.74, 6) is 1.77. The van der Waals surface area contributed by atoms with Crippen LogP contribution in [0.3, 0.4) is 0 Å². The summed E-state index contributed by atoms with van der Waals surface area (Å²) in [5, 5.41) is 21.3. The fourth-order valence-corrected chi connectivity index (χ4v) is 3.70. The Balaban J connectivity index is 1.57. The quantitative estimate of drug-likeness (QED) is 0.327. The largest absolute Gasteiger partial charge is 0.478 e. The molecule has 3 aromatic carbocycles. The van der Waals surface area contributed by atoms with Crippen molar-refractivity contribution in [3.8, 4) is 5.75 Å². The molecule has 0 fully saturated rings. The molecule has 0 bridgehead atoms. The summed E-state index contributed by atoms with van der Waals surface area (Å²) >= 11 is 0. The zero-order valence-electron chi connectivity index (χ0n) is 17.8. The van der Waals surface area contributed by atoms with Crippen molar-refractivity contribution in [2.24, 2.45) is 0 Å². The van der Waals surface area contributed by atoms with Gasteiger partial charge in [-0.3, -0.25) is 5.10 Å². The van der Waals surface area contributed by atoms with Gasteiger partial charge in [-0.1, -0.05) is 78.9 Å². The molecule has 5 aromatic rings. The third-order valence-corrected chi connectivity index (χ3v) is 5.36. The van der Waals surface area contributed by atoms with Gasteiger partial charge in [0.15, 0.2) is 17.6 Å². The molecule has 7 heteroatoms. The highest BCUT2D eigenvalue weighted by molar-refractivity contribution is 5.86. The lowest BCUT2D eigenvalue weighted by molar-refractivity contribution is 0.237. The molecule has 3 N–H and O–H groups in total. The number of nitrogens with zero attached hydrogens (tertiary/aromatic N) is 3. The second kappa shape index (κ2) is 9.50. The van der Waals surface area contributed by atoms with Gasteiger partial charge in [-0.15, -0.1) is 0 Å². The fourth-order valence-electron chi connectivity index (χ4n) is 3.70. The highest BCUT2D eigenvalue weighted by atomic mass is 16.5. The van der Waals surface area contributed by atoms with E-state index in [0.717, 1.165) is 16.5 Å². The van der Waals surface area contributed by atoms with Gasteiger partial charge >= 0.3 is 0 Å². The Morgan fingerprint density at radius 2 is 1.45 bits per heavy atom. The van der Waals surface area contributed by atoms with Crippen molar-refractivity contribution in [2.75, 3.05) is 11.9 Å². The third kappa shape index (κ3) is 4.53. The number of aliphatic hydroxyl groups is 1. The average molecular weight is 438 g/mol. The van der Waals surface area contributed by atoms with Crippen molar-refractivity contribution < 1.29 is 9.84 Å². The number of rotatable bonds is 8. The molecular weight excluding hydrogens is 414 g/mol. The predicted octanol–water partition coefficient (Wildman–Crippen LogP) is 4.67. The number of hydrogen-bond donors (Lipinski definition) is 3. The third-order valence-electron chi connectivity index (χ3n) is 5.36. The summed E-state index contributed by atoms with van der Waals surface area (Å²) in [6.45, 7) is -0.0919. The van der Waals surface area contributed by atoms with Crippen molar-refractivity contribution in [3.63, 3.8) is 0 Å². The first-order valence-electron chi connectivity index (χ1n) is 10.7. The summed E-state index contributed by atoms with van der Waals surface area (Å²) in [6.07, 6.45) is 1.14. The van der Waals surface area contributed by atoms with Gasteiger partial charge in [-0.05, 0) is 17.7 Å². The maximum absolute atomic E-state index is 10.1. The Morgan fingerprint density at radius 1 is 0.818 bits per heavy atom. The minimum atomic E-state index is -0.536. The number of ether oxygens (including phenoxy) is 1. The van der Waals surface area contributed by atoms with E-state index in [1.807, 2.05) is 91.0 Å². The van der Waals surface area contributed by atoms with Crippen LogP contribution >= 0.6 is 0 Å². The number of H-pyrrole nitrogens is 1.